The van der Waals surface area contributed by atoms with Crippen LogP contribution in [0.3, 0.4) is 0 Å². The lowest BCUT2D eigenvalue weighted by Crippen LogP contribution is -2.16. The fraction of sp³-hybridized carbons (Fsp3) is 0.182. The van der Waals surface area contributed by atoms with Gasteiger partial charge < -0.3 is 11.5 Å². The number of hydrogen-bond donors (Lipinski definition) is 3. The molecule has 2 heterocycles. The highest BCUT2D eigenvalue weighted by molar-refractivity contribution is 8.01. The molecule has 0 bridgehead atoms. The number of nitrogens with two attached hydrogens (primary N) is 2. The number of aromatic nitrogens is 3. The highest BCUT2D eigenvalue weighted by Gasteiger charge is 2.16. The summed E-state index contributed by atoms with van der Waals surface area (Å²) in [6.07, 6.45) is 2.78. The van der Waals surface area contributed by atoms with Crippen LogP contribution in [0.4, 0.5) is 10.9 Å². The van der Waals surface area contributed by atoms with E-state index < -0.39 is 11.8 Å². The number of thioether (sulfide) groups is 1. The second kappa shape index (κ2) is 6.50. The van der Waals surface area contributed by atoms with E-state index in [9.17, 15) is 9.59 Å². The highest BCUT2D eigenvalue weighted by Crippen LogP contribution is 2.32. The fourth-order valence-electron chi connectivity index (χ4n) is 1.39. The molecule has 0 aromatic carbocycles. The maximum absolute atomic E-state index is 12.0. The Morgan fingerprint density at radius 3 is 2.76 bits per heavy atom. The van der Waals surface area contributed by atoms with Crippen LogP contribution >= 0.6 is 23.1 Å². The molecule has 0 radical (unpaired) electrons. The third kappa shape index (κ3) is 3.89. The molecule has 110 valence electrons. The zero-order chi connectivity index (χ0) is 15.4. The van der Waals surface area contributed by atoms with Gasteiger partial charge in [-0.1, -0.05) is 11.3 Å². The van der Waals surface area contributed by atoms with Gasteiger partial charge in [-0.15, -0.1) is 11.8 Å². The van der Waals surface area contributed by atoms with E-state index in [1.807, 2.05) is 0 Å². The van der Waals surface area contributed by atoms with Gasteiger partial charge in [-0.25, -0.2) is 15.0 Å². The van der Waals surface area contributed by atoms with Gasteiger partial charge in [0.2, 0.25) is 5.91 Å². The molecule has 5 N–H and O–H groups in total. The summed E-state index contributed by atoms with van der Waals surface area (Å²) >= 11 is 2.53. The summed E-state index contributed by atoms with van der Waals surface area (Å²) in [7, 11) is 0. The molecule has 0 saturated heterocycles. The molecule has 2 amide bonds. The number of nitrogen functional groups attached to an aromatic ring is 1. The number of carbonyl (C=O) groups is 2. The molecule has 0 unspecified atom stereocenters. The van der Waals surface area contributed by atoms with Gasteiger partial charge in [-0.05, 0) is 6.92 Å². The summed E-state index contributed by atoms with van der Waals surface area (Å²) in [5.41, 5.74) is 11.4. The average molecular weight is 324 g/mol. The van der Waals surface area contributed by atoms with Crippen LogP contribution < -0.4 is 16.8 Å². The van der Waals surface area contributed by atoms with Crippen molar-refractivity contribution in [3.63, 3.8) is 0 Å². The van der Waals surface area contributed by atoms with Gasteiger partial charge in [-0.3, -0.25) is 14.9 Å². The van der Waals surface area contributed by atoms with E-state index in [0.717, 1.165) is 4.21 Å². The number of amides is 2. The Balaban J connectivity index is 2.10. The minimum absolute atomic E-state index is 0.0386. The maximum Gasteiger partial charge on any atom is 0.279 e. The summed E-state index contributed by atoms with van der Waals surface area (Å²) in [6, 6.07) is 0. The van der Waals surface area contributed by atoms with Crippen LogP contribution in [-0.4, -0.2) is 32.5 Å². The smallest absolute Gasteiger partial charge is 0.279 e. The van der Waals surface area contributed by atoms with Crippen LogP contribution in [0.1, 0.15) is 16.2 Å². The van der Waals surface area contributed by atoms with Crippen molar-refractivity contribution in [3.05, 3.63) is 23.8 Å². The third-order valence-corrected chi connectivity index (χ3v) is 4.72. The van der Waals surface area contributed by atoms with Crippen LogP contribution in [0.2, 0.25) is 0 Å². The Bertz CT molecular complexity index is 687. The molecular formula is C11H12N6O2S2. The maximum atomic E-state index is 12.0. The largest absolute Gasteiger partial charge is 0.382 e. The lowest BCUT2D eigenvalue weighted by atomic mass is 10.4. The molecular weight excluding hydrogens is 312 g/mol. The van der Waals surface area contributed by atoms with Crippen molar-refractivity contribution in [2.24, 2.45) is 5.73 Å². The predicted octanol–water partition coefficient (Wildman–Crippen LogP) is 0.653. The molecule has 2 aromatic heterocycles. The average Bonchev–Trinajstić information content (AvgIpc) is 2.76. The first-order valence-corrected chi connectivity index (χ1v) is 7.54. The van der Waals surface area contributed by atoms with Gasteiger partial charge in [0.1, 0.15) is 0 Å². The van der Waals surface area contributed by atoms with Crippen molar-refractivity contribution in [2.75, 3.05) is 16.8 Å². The normalized spacial score (nSPS) is 10.3. The number of thiazole rings is 1. The number of nitrogens with zero attached hydrogens (tertiary/aromatic N) is 3. The van der Waals surface area contributed by atoms with Crippen LogP contribution in [0, 0.1) is 6.92 Å². The number of hydrogen-bond acceptors (Lipinski definition) is 8. The quantitative estimate of drug-likeness (QED) is 0.687. The molecule has 0 spiro atoms. The minimum atomic E-state index is -0.485. The van der Waals surface area contributed by atoms with Crippen molar-refractivity contribution >= 4 is 45.9 Å². The monoisotopic (exact) mass is 324 g/mol. The minimum Gasteiger partial charge on any atom is -0.382 e. The summed E-state index contributed by atoms with van der Waals surface area (Å²) in [5, 5.41) is 3.00. The highest BCUT2D eigenvalue weighted by atomic mass is 32.2. The molecule has 21 heavy (non-hydrogen) atoms. The molecule has 8 nitrogen and oxygen atoms in total. The molecule has 10 heteroatoms. The van der Waals surface area contributed by atoms with E-state index in [0.29, 0.717) is 10.8 Å². The first-order valence-electron chi connectivity index (χ1n) is 5.73. The molecule has 0 aliphatic carbocycles. The third-order valence-electron chi connectivity index (χ3n) is 2.26. The van der Waals surface area contributed by atoms with Crippen molar-refractivity contribution in [1.29, 1.82) is 0 Å². The molecule has 2 rings (SSSR count). The van der Waals surface area contributed by atoms with E-state index in [2.05, 4.69) is 20.3 Å². The van der Waals surface area contributed by atoms with Gasteiger partial charge in [0.05, 0.1) is 15.7 Å². The Labute approximate surface area is 128 Å². The standard InChI is InChI=1S/C11H12N6O2S2/c1-5-10(20-4-6(12)18)21-11(16-5)17-9(19)7-8(13)15-3-2-14-7/h2-3H,4H2,1H3,(H2,12,18)(H2,13,15)(H,16,17,19). The molecule has 0 atom stereocenters. The van der Waals surface area contributed by atoms with Crippen molar-refractivity contribution in [2.45, 2.75) is 11.1 Å². The Morgan fingerprint density at radius 2 is 2.10 bits per heavy atom. The fourth-order valence-corrected chi connectivity index (χ4v) is 3.26. The van der Waals surface area contributed by atoms with E-state index in [-0.39, 0.29) is 17.3 Å². The van der Waals surface area contributed by atoms with Gasteiger partial charge in [-0.2, -0.15) is 0 Å². The Kier molecular flexibility index (Phi) is 4.70. The molecule has 0 fully saturated rings. The van der Waals surface area contributed by atoms with Gasteiger partial charge in [0, 0.05) is 12.4 Å². The lowest BCUT2D eigenvalue weighted by molar-refractivity contribution is -0.115. The zero-order valence-electron chi connectivity index (χ0n) is 11.0. The van der Waals surface area contributed by atoms with Crippen LogP contribution in [0.25, 0.3) is 0 Å². The van der Waals surface area contributed by atoms with Crippen molar-refractivity contribution in [1.82, 2.24) is 15.0 Å². The first kappa shape index (κ1) is 15.2. The lowest BCUT2D eigenvalue weighted by Gasteiger charge is -2.02. The number of rotatable bonds is 5. The van der Waals surface area contributed by atoms with Crippen LogP contribution in [-0.2, 0) is 4.79 Å². The Morgan fingerprint density at radius 1 is 1.38 bits per heavy atom. The van der Waals surface area contributed by atoms with Crippen LogP contribution in [0.15, 0.2) is 16.6 Å². The van der Waals surface area contributed by atoms with Gasteiger partial charge in [0.25, 0.3) is 5.91 Å². The molecule has 0 saturated carbocycles. The summed E-state index contributed by atoms with van der Waals surface area (Å²) in [4.78, 5) is 34.7. The molecule has 0 aliphatic rings. The number of nitrogens with one attached hydrogen (secondary N) is 1. The molecule has 2 aromatic rings. The summed E-state index contributed by atoms with van der Waals surface area (Å²) in [5.74, 6) is -0.689. The Hall–Kier alpha value is -2.20. The van der Waals surface area contributed by atoms with E-state index in [1.54, 1.807) is 6.92 Å². The van der Waals surface area contributed by atoms with E-state index in [4.69, 9.17) is 11.5 Å². The van der Waals surface area contributed by atoms with Gasteiger partial charge in [0.15, 0.2) is 16.6 Å². The summed E-state index contributed by atoms with van der Waals surface area (Å²) in [6.45, 7) is 1.78. The van der Waals surface area contributed by atoms with Crippen LogP contribution in [0.5, 0.6) is 0 Å². The number of anilines is 2. The van der Waals surface area contributed by atoms with Gasteiger partial charge >= 0.3 is 0 Å². The first-order chi connectivity index (χ1) is 9.97. The van der Waals surface area contributed by atoms with E-state index >= 15 is 0 Å². The number of primary amides is 1. The number of aryl methyl sites for hydroxylation is 1. The zero-order valence-corrected chi connectivity index (χ0v) is 12.6. The number of carbonyl (C=O) groups excluding carboxylic acids is 2. The van der Waals surface area contributed by atoms with Crippen molar-refractivity contribution < 1.29 is 9.59 Å². The second-order valence-electron chi connectivity index (χ2n) is 3.89. The SMILES string of the molecule is Cc1nc(NC(=O)c2nccnc2N)sc1SCC(N)=O. The predicted molar refractivity (Wildman–Crippen MR) is 81.2 cm³/mol. The van der Waals surface area contributed by atoms with E-state index in [1.165, 1.54) is 35.5 Å². The topological polar surface area (TPSA) is 137 Å². The van der Waals surface area contributed by atoms with Crippen molar-refractivity contribution in [3.8, 4) is 0 Å². The molecule has 0 aliphatic heterocycles. The summed E-state index contributed by atoms with van der Waals surface area (Å²) < 4.78 is 0.816. The second-order valence-corrected chi connectivity index (χ2v) is 6.13.